The molecule has 1 heterocycles. The first-order valence-corrected chi connectivity index (χ1v) is 5.57. The highest BCUT2D eigenvalue weighted by molar-refractivity contribution is 4.94. The zero-order valence-corrected chi connectivity index (χ0v) is 10.4. The van der Waals surface area contributed by atoms with Crippen LogP contribution in [-0.2, 0) is 0 Å². The molecule has 0 aromatic heterocycles. The van der Waals surface area contributed by atoms with E-state index in [-0.39, 0.29) is 12.1 Å². The predicted octanol–water partition coefficient (Wildman–Crippen LogP) is 1.71. The van der Waals surface area contributed by atoms with Gasteiger partial charge >= 0.3 is 6.18 Å². The van der Waals surface area contributed by atoms with Gasteiger partial charge in [0.05, 0.1) is 6.07 Å². The SMILES string of the molecule is CN1CCN(CC(C#N)C(F)(F)F)CC1(C)C. The van der Waals surface area contributed by atoms with E-state index in [0.29, 0.717) is 13.1 Å². The number of alkyl halides is 3. The van der Waals surface area contributed by atoms with Crippen LogP contribution in [-0.4, -0.2) is 54.7 Å². The molecule has 1 unspecified atom stereocenters. The molecule has 0 aromatic carbocycles. The standard InChI is InChI=1S/C11H18F3N3/c1-10(2)8-17(5-4-16(10)3)7-9(6-15)11(12,13)14/h9H,4-5,7-8H2,1-3H3. The number of nitriles is 1. The Bertz CT molecular complexity index is 306. The molecule has 0 bridgehead atoms. The number of halogens is 3. The zero-order valence-electron chi connectivity index (χ0n) is 10.4. The van der Waals surface area contributed by atoms with Crippen LogP contribution in [0.1, 0.15) is 13.8 Å². The van der Waals surface area contributed by atoms with Crippen molar-refractivity contribution in [2.75, 3.05) is 33.2 Å². The zero-order chi connectivity index (χ0) is 13.3. The second-order valence-electron chi connectivity index (χ2n) is 5.19. The van der Waals surface area contributed by atoms with Gasteiger partial charge < -0.3 is 0 Å². The minimum absolute atomic E-state index is 0.149. The monoisotopic (exact) mass is 249 g/mol. The first kappa shape index (κ1) is 14.3. The number of hydrogen-bond donors (Lipinski definition) is 0. The molecule has 17 heavy (non-hydrogen) atoms. The molecule has 1 rings (SSSR count). The Morgan fingerprint density at radius 3 is 2.35 bits per heavy atom. The van der Waals surface area contributed by atoms with Crippen molar-refractivity contribution in [3.05, 3.63) is 0 Å². The molecular formula is C11H18F3N3. The lowest BCUT2D eigenvalue weighted by atomic mass is 9.98. The molecule has 0 aliphatic carbocycles. The van der Waals surface area contributed by atoms with Crippen LogP contribution >= 0.6 is 0 Å². The number of nitrogens with zero attached hydrogens (tertiary/aromatic N) is 3. The van der Waals surface area contributed by atoms with Gasteiger partial charge in [-0.2, -0.15) is 18.4 Å². The van der Waals surface area contributed by atoms with E-state index in [0.717, 1.165) is 6.54 Å². The quantitative estimate of drug-likeness (QED) is 0.746. The number of piperazine rings is 1. The smallest absolute Gasteiger partial charge is 0.299 e. The molecule has 0 spiro atoms. The topological polar surface area (TPSA) is 30.3 Å². The van der Waals surface area contributed by atoms with Crippen LogP contribution in [0.5, 0.6) is 0 Å². The molecule has 3 nitrogen and oxygen atoms in total. The fraction of sp³-hybridized carbons (Fsp3) is 0.909. The minimum Gasteiger partial charge on any atom is -0.299 e. The first-order chi connectivity index (χ1) is 7.66. The van der Waals surface area contributed by atoms with Crippen molar-refractivity contribution in [1.82, 2.24) is 9.80 Å². The molecule has 0 saturated carbocycles. The molecule has 1 aliphatic rings. The molecule has 1 aliphatic heterocycles. The lowest BCUT2D eigenvalue weighted by molar-refractivity contribution is -0.165. The normalized spacial score (nSPS) is 24.3. The van der Waals surface area contributed by atoms with Gasteiger partial charge in [0, 0.05) is 31.7 Å². The van der Waals surface area contributed by atoms with Crippen LogP contribution in [0.15, 0.2) is 0 Å². The molecule has 98 valence electrons. The molecule has 1 atom stereocenters. The summed E-state index contributed by atoms with van der Waals surface area (Å²) < 4.78 is 37.5. The molecule has 6 heteroatoms. The van der Waals surface area contributed by atoms with Gasteiger partial charge in [0.1, 0.15) is 0 Å². The fourth-order valence-electron chi connectivity index (χ4n) is 1.97. The summed E-state index contributed by atoms with van der Waals surface area (Å²) in [5, 5.41) is 8.57. The van der Waals surface area contributed by atoms with Crippen LogP contribution < -0.4 is 0 Å². The number of rotatable bonds is 2. The number of likely N-dealkylation sites (N-methyl/N-ethyl adjacent to an activating group) is 1. The third-order valence-corrected chi connectivity index (χ3v) is 3.39. The van der Waals surface area contributed by atoms with Gasteiger partial charge in [0.25, 0.3) is 0 Å². The second kappa shape index (κ2) is 4.83. The van der Waals surface area contributed by atoms with E-state index in [2.05, 4.69) is 4.90 Å². The summed E-state index contributed by atoms with van der Waals surface area (Å²) in [5.74, 6) is -1.89. The van der Waals surface area contributed by atoms with E-state index in [1.807, 2.05) is 20.9 Å². The van der Waals surface area contributed by atoms with E-state index in [9.17, 15) is 13.2 Å². The molecule has 0 aromatic rings. The fourth-order valence-corrected chi connectivity index (χ4v) is 1.97. The lowest BCUT2D eigenvalue weighted by Gasteiger charge is -2.45. The summed E-state index contributed by atoms with van der Waals surface area (Å²) in [5.41, 5.74) is -0.149. The van der Waals surface area contributed by atoms with Crippen molar-refractivity contribution in [3.8, 4) is 6.07 Å². The van der Waals surface area contributed by atoms with Gasteiger partial charge in [-0.1, -0.05) is 0 Å². The maximum Gasteiger partial charge on any atom is 0.405 e. The maximum atomic E-state index is 12.5. The Balaban J connectivity index is 2.62. The third kappa shape index (κ3) is 3.58. The maximum absolute atomic E-state index is 12.5. The lowest BCUT2D eigenvalue weighted by Crippen LogP contribution is -2.58. The largest absolute Gasteiger partial charge is 0.405 e. The first-order valence-electron chi connectivity index (χ1n) is 5.57. The Kier molecular flexibility index (Phi) is 4.05. The van der Waals surface area contributed by atoms with Crippen LogP contribution in [0.3, 0.4) is 0 Å². The third-order valence-electron chi connectivity index (χ3n) is 3.39. The minimum atomic E-state index is -4.43. The van der Waals surface area contributed by atoms with Crippen molar-refractivity contribution in [1.29, 1.82) is 5.26 Å². The number of hydrogen-bond acceptors (Lipinski definition) is 3. The van der Waals surface area contributed by atoms with Crippen LogP contribution in [0.2, 0.25) is 0 Å². The Morgan fingerprint density at radius 1 is 1.35 bits per heavy atom. The summed E-state index contributed by atoms with van der Waals surface area (Å²) in [6.07, 6.45) is -4.43. The molecule has 1 saturated heterocycles. The van der Waals surface area contributed by atoms with Gasteiger partial charge in [-0.25, -0.2) is 0 Å². The average molecular weight is 249 g/mol. The average Bonchev–Trinajstić information content (AvgIpc) is 2.17. The van der Waals surface area contributed by atoms with Crippen molar-refractivity contribution in [2.45, 2.75) is 25.6 Å². The molecular weight excluding hydrogens is 231 g/mol. The van der Waals surface area contributed by atoms with Gasteiger partial charge in [0.2, 0.25) is 0 Å². The summed E-state index contributed by atoms with van der Waals surface area (Å²) in [4.78, 5) is 3.85. The molecule has 1 fully saturated rings. The van der Waals surface area contributed by atoms with E-state index in [1.54, 1.807) is 4.90 Å². The van der Waals surface area contributed by atoms with Gasteiger partial charge in [-0.05, 0) is 20.9 Å². The summed E-state index contributed by atoms with van der Waals surface area (Å²) in [6.45, 7) is 5.62. The highest BCUT2D eigenvalue weighted by atomic mass is 19.4. The van der Waals surface area contributed by atoms with Crippen LogP contribution in [0.25, 0.3) is 0 Å². The highest BCUT2D eigenvalue weighted by Gasteiger charge is 2.42. The summed E-state index contributed by atoms with van der Waals surface area (Å²) >= 11 is 0. The Labute approximate surface area is 99.8 Å². The summed E-state index contributed by atoms with van der Waals surface area (Å²) in [6, 6.07) is 1.35. The van der Waals surface area contributed by atoms with E-state index >= 15 is 0 Å². The van der Waals surface area contributed by atoms with Crippen LogP contribution in [0.4, 0.5) is 13.2 Å². The molecule has 0 radical (unpaired) electrons. The van der Waals surface area contributed by atoms with Gasteiger partial charge in [-0.3, -0.25) is 9.80 Å². The van der Waals surface area contributed by atoms with Crippen LogP contribution in [0, 0.1) is 17.2 Å². The van der Waals surface area contributed by atoms with Gasteiger partial charge in [-0.15, -0.1) is 0 Å². The Hall–Kier alpha value is -0.800. The van der Waals surface area contributed by atoms with Crippen molar-refractivity contribution >= 4 is 0 Å². The summed E-state index contributed by atoms with van der Waals surface area (Å²) in [7, 11) is 1.96. The van der Waals surface area contributed by atoms with Crippen molar-refractivity contribution in [3.63, 3.8) is 0 Å². The van der Waals surface area contributed by atoms with E-state index < -0.39 is 12.1 Å². The highest BCUT2D eigenvalue weighted by Crippen LogP contribution is 2.28. The predicted molar refractivity (Wildman–Crippen MR) is 58.3 cm³/mol. The van der Waals surface area contributed by atoms with E-state index in [4.69, 9.17) is 5.26 Å². The Morgan fingerprint density at radius 2 is 1.94 bits per heavy atom. The molecule has 0 amide bonds. The van der Waals surface area contributed by atoms with E-state index in [1.165, 1.54) is 6.07 Å². The van der Waals surface area contributed by atoms with Crippen molar-refractivity contribution < 1.29 is 13.2 Å². The second-order valence-corrected chi connectivity index (χ2v) is 5.19. The molecule has 0 N–H and O–H groups in total. The van der Waals surface area contributed by atoms with Crippen molar-refractivity contribution in [2.24, 2.45) is 5.92 Å². The van der Waals surface area contributed by atoms with Gasteiger partial charge in [0.15, 0.2) is 5.92 Å².